The summed E-state index contributed by atoms with van der Waals surface area (Å²) in [5, 5.41) is 2.98. The normalized spacial score (nSPS) is 21.2. The molecule has 5 N–H and O–H groups in total. The van der Waals surface area contributed by atoms with Crippen LogP contribution in [0.1, 0.15) is 36.0 Å². The Balaban J connectivity index is 2.07. The standard InChI is InChI=1S/C16H23N3O4S/c17-9-12-3-1-2-4-14(12)19-16(21)11-5-7-13(8-6-11)24(22,23)10-15(18)20/h5-8,12,14H,1-4,9-10,17H2,(H2,18,20)(H,19,21). The second-order valence-corrected chi connectivity index (χ2v) is 8.10. The number of amides is 2. The highest BCUT2D eigenvalue weighted by Gasteiger charge is 2.26. The van der Waals surface area contributed by atoms with Crippen molar-refractivity contribution in [3.63, 3.8) is 0 Å². The maximum atomic E-state index is 12.3. The molecule has 2 amide bonds. The lowest BCUT2D eigenvalue weighted by Gasteiger charge is -2.31. The summed E-state index contributed by atoms with van der Waals surface area (Å²) in [6.45, 7) is 0.537. The molecule has 24 heavy (non-hydrogen) atoms. The van der Waals surface area contributed by atoms with Crippen LogP contribution >= 0.6 is 0 Å². The predicted octanol–water partition coefficient (Wildman–Crippen LogP) is 0.193. The molecule has 1 aliphatic rings. The van der Waals surface area contributed by atoms with Gasteiger partial charge in [-0.15, -0.1) is 0 Å². The maximum absolute atomic E-state index is 12.3. The van der Waals surface area contributed by atoms with E-state index < -0.39 is 21.5 Å². The third kappa shape index (κ3) is 4.55. The molecule has 0 aliphatic heterocycles. The SMILES string of the molecule is NCC1CCCCC1NC(=O)c1ccc(S(=O)(=O)CC(N)=O)cc1. The summed E-state index contributed by atoms with van der Waals surface area (Å²) in [6.07, 6.45) is 4.09. The molecule has 0 aromatic heterocycles. The van der Waals surface area contributed by atoms with Crippen LogP contribution in [-0.4, -0.2) is 38.6 Å². The van der Waals surface area contributed by atoms with E-state index in [-0.39, 0.29) is 22.8 Å². The predicted molar refractivity (Wildman–Crippen MR) is 90.0 cm³/mol. The first kappa shape index (κ1) is 18.4. The molecule has 1 fully saturated rings. The summed E-state index contributed by atoms with van der Waals surface area (Å²) < 4.78 is 23.8. The molecule has 1 aromatic carbocycles. The van der Waals surface area contributed by atoms with Crippen molar-refractivity contribution in [1.29, 1.82) is 0 Å². The molecule has 0 bridgehead atoms. The second kappa shape index (κ2) is 7.76. The van der Waals surface area contributed by atoms with Crippen molar-refractivity contribution < 1.29 is 18.0 Å². The zero-order valence-corrected chi connectivity index (χ0v) is 14.2. The van der Waals surface area contributed by atoms with Crippen molar-refractivity contribution in [1.82, 2.24) is 5.32 Å². The fourth-order valence-electron chi connectivity index (χ4n) is 3.02. The number of primary amides is 1. The highest BCUT2D eigenvalue weighted by molar-refractivity contribution is 7.92. The largest absolute Gasteiger partial charge is 0.369 e. The lowest BCUT2D eigenvalue weighted by Crippen LogP contribution is -2.44. The molecular formula is C16H23N3O4S. The van der Waals surface area contributed by atoms with E-state index in [0.717, 1.165) is 25.7 Å². The molecule has 2 unspecified atom stereocenters. The Bertz CT molecular complexity index is 701. The molecule has 132 valence electrons. The van der Waals surface area contributed by atoms with Crippen molar-refractivity contribution in [2.24, 2.45) is 17.4 Å². The topological polar surface area (TPSA) is 132 Å². The van der Waals surface area contributed by atoms with Gasteiger partial charge >= 0.3 is 0 Å². The Kier molecular flexibility index (Phi) is 5.95. The number of carbonyl (C=O) groups is 2. The lowest BCUT2D eigenvalue weighted by molar-refractivity contribution is -0.115. The zero-order valence-electron chi connectivity index (χ0n) is 13.4. The van der Waals surface area contributed by atoms with Gasteiger partial charge in [-0.05, 0) is 49.6 Å². The number of nitrogens with one attached hydrogen (secondary N) is 1. The van der Waals surface area contributed by atoms with Gasteiger partial charge in [0, 0.05) is 11.6 Å². The summed E-state index contributed by atoms with van der Waals surface area (Å²) >= 11 is 0. The Morgan fingerprint density at radius 3 is 2.33 bits per heavy atom. The van der Waals surface area contributed by atoms with Gasteiger partial charge in [-0.2, -0.15) is 0 Å². The quantitative estimate of drug-likeness (QED) is 0.672. The first-order valence-corrected chi connectivity index (χ1v) is 9.61. The summed E-state index contributed by atoms with van der Waals surface area (Å²) in [4.78, 5) is 23.1. The molecular weight excluding hydrogens is 330 g/mol. The Morgan fingerprint density at radius 2 is 1.75 bits per heavy atom. The average Bonchev–Trinajstić information content (AvgIpc) is 2.54. The monoisotopic (exact) mass is 353 g/mol. The summed E-state index contributed by atoms with van der Waals surface area (Å²) in [7, 11) is -3.76. The van der Waals surface area contributed by atoms with E-state index in [4.69, 9.17) is 11.5 Å². The van der Waals surface area contributed by atoms with Crippen molar-refractivity contribution in [2.45, 2.75) is 36.6 Å². The molecule has 0 radical (unpaired) electrons. The van der Waals surface area contributed by atoms with Crippen LogP contribution in [0.5, 0.6) is 0 Å². The van der Waals surface area contributed by atoms with Crippen molar-refractivity contribution in [3.8, 4) is 0 Å². The number of hydrogen-bond acceptors (Lipinski definition) is 5. The Hall–Kier alpha value is -1.93. The minimum Gasteiger partial charge on any atom is -0.369 e. The molecule has 1 aromatic rings. The minimum absolute atomic E-state index is 0.0321. The van der Waals surface area contributed by atoms with Crippen molar-refractivity contribution in [3.05, 3.63) is 29.8 Å². The van der Waals surface area contributed by atoms with Crippen LogP contribution in [0, 0.1) is 5.92 Å². The smallest absolute Gasteiger partial charge is 0.251 e. The number of carbonyl (C=O) groups excluding carboxylic acids is 2. The maximum Gasteiger partial charge on any atom is 0.251 e. The van der Waals surface area contributed by atoms with Crippen LogP contribution in [0.2, 0.25) is 0 Å². The van der Waals surface area contributed by atoms with Gasteiger partial charge in [-0.1, -0.05) is 12.8 Å². The fourth-order valence-corrected chi connectivity index (χ4v) is 4.11. The van der Waals surface area contributed by atoms with E-state index in [9.17, 15) is 18.0 Å². The van der Waals surface area contributed by atoms with Gasteiger partial charge < -0.3 is 16.8 Å². The van der Waals surface area contributed by atoms with Gasteiger partial charge in [0.15, 0.2) is 9.84 Å². The highest BCUT2D eigenvalue weighted by atomic mass is 32.2. The van der Waals surface area contributed by atoms with Gasteiger partial charge in [-0.3, -0.25) is 9.59 Å². The van der Waals surface area contributed by atoms with Crippen LogP contribution in [0.25, 0.3) is 0 Å². The Labute approximate surface area is 141 Å². The van der Waals surface area contributed by atoms with E-state index >= 15 is 0 Å². The Morgan fingerprint density at radius 1 is 1.12 bits per heavy atom. The third-order valence-electron chi connectivity index (χ3n) is 4.34. The van der Waals surface area contributed by atoms with E-state index in [1.54, 1.807) is 0 Å². The third-order valence-corrected chi connectivity index (χ3v) is 5.99. The van der Waals surface area contributed by atoms with Gasteiger partial charge in [-0.25, -0.2) is 8.42 Å². The molecule has 0 heterocycles. The molecule has 0 spiro atoms. The molecule has 1 aliphatic carbocycles. The summed E-state index contributed by atoms with van der Waals surface area (Å²) in [5.74, 6) is -1.64. The molecule has 8 heteroatoms. The van der Waals surface area contributed by atoms with Gasteiger partial charge in [0.2, 0.25) is 5.91 Å². The van der Waals surface area contributed by atoms with Crippen LogP contribution in [0.3, 0.4) is 0 Å². The van der Waals surface area contributed by atoms with Crippen LogP contribution < -0.4 is 16.8 Å². The van der Waals surface area contributed by atoms with E-state index in [1.807, 2.05) is 0 Å². The molecule has 7 nitrogen and oxygen atoms in total. The number of sulfone groups is 1. The van der Waals surface area contributed by atoms with E-state index in [0.29, 0.717) is 12.1 Å². The van der Waals surface area contributed by atoms with Crippen LogP contribution in [0.4, 0.5) is 0 Å². The number of rotatable bonds is 6. The minimum atomic E-state index is -3.76. The molecule has 1 saturated carbocycles. The number of nitrogens with two attached hydrogens (primary N) is 2. The van der Waals surface area contributed by atoms with E-state index in [2.05, 4.69) is 5.32 Å². The van der Waals surface area contributed by atoms with Gasteiger partial charge in [0.05, 0.1) is 4.90 Å². The zero-order chi connectivity index (χ0) is 17.7. The van der Waals surface area contributed by atoms with Gasteiger partial charge in [0.1, 0.15) is 5.75 Å². The second-order valence-electron chi connectivity index (χ2n) is 6.11. The number of hydrogen-bond donors (Lipinski definition) is 3. The first-order valence-electron chi connectivity index (χ1n) is 7.95. The van der Waals surface area contributed by atoms with Crippen LogP contribution in [-0.2, 0) is 14.6 Å². The highest BCUT2D eigenvalue weighted by Crippen LogP contribution is 2.24. The summed E-state index contributed by atoms with van der Waals surface area (Å²) in [6, 6.07) is 5.55. The fraction of sp³-hybridized carbons (Fsp3) is 0.500. The number of benzene rings is 1. The molecule has 0 saturated heterocycles. The average molecular weight is 353 g/mol. The summed E-state index contributed by atoms with van der Waals surface area (Å²) in [5.41, 5.74) is 11.1. The van der Waals surface area contributed by atoms with Crippen molar-refractivity contribution >= 4 is 21.7 Å². The lowest BCUT2D eigenvalue weighted by atomic mass is 9.84. The molecule has 2 rings (SSSR count). The van der Waals surface area contributed by atoms with Gasteiger partial charge in [0.25, 0.3) is 5.91 Å². The molecule has 2 atom stereocenters. The van der Waals surface area contributed by atoms with Crippen molar-refractivity contribution in [2.75, 3.05) is 12.3 Å². The van der Waals surface area contributed by atoms with E-state index in [1.165, 1.54) is 24.3 Å². The van der Waals surface area contributed by atoms with Crippen LogP contribution in [0.15, 0.2) is 29.2 Å². The first-order chi connectivity index (χ1) is 11.3.